The van der Waals surface area contributed by atoms with Crippen LogP contribution in [-0.4, -0.2) is 29.5 Å². The van der Waals surface area contributed by atoms with Crippen LogP contribution in [0.1, 0.15) is 15.9 Å². The van der Waals surface area contributed by atoms with E-state index in [0.717, 1.165) is 34.6 Å². The molecule has 3 aromatic rings. The van der Waals surface area contributed by atoms with Crippen molar-refractivity contribution in [2.45, 2.75) is 6.42 Å². The van der Waals surface area contributed by atoms with Crippen LogP contribution >= 0.6 is 0 Å². The second kappa shape index (κ2) is 5.56. The zero-order chi connectivity index (χ0) is 16.7. The minimum absolute atomic E-state index is 0.359. The molecule has 0 spiro atoms. The SMILES string of the molecule is COC(=O)c1ccc2c(Nc3cccc4c3OCC4)nn(C)c2c1. The Morgan fingerprint density at radius 1 is 1.33 bits per heavy atom. The summed E-state index contributed by atoms with van der Waals surface area (Å²) in [5, 5.41) is 8.82. The van der Waals surface area contributed by atoms with Crippen LogP contribution < -0.4 is 10.1 Å². The molecule has 1 aliphatic heterocycles. The molecule has 0 radical (unpaired) electrons. The van der Waals surface area contributed by atoms with E-state index < -0.39 is 0 Å². The Balaban J connectivity index is 1.76. The van der Waals surface area contributed by atoms with Crippen LogP contribution in [0.25, 0.3) is 10.9 Å². The summed E-state index contributed by atoms with van der Waals surface area (Å²) in [6, 6.07) is 11.5. The summed E-state index contributed by atoms with van der Waals surface area (Å²) in [5.41, 5.74) is 3.47. The number of nitrogens with zero attached hydrogens (tertiary/aromatic N) is 2. The van der Waals surface area contributed by atoms with Crippen molar-refractivity contribution < 1.29 is 14.3 Å². The minimum atomic E-state index is -0.359. The lowest BCUT2D eigenvalue weighted by Gasteiger charge is -2.09. The number of anilines is 2. The summed E-state index contributed by atoms with van der Waals surface area (Å²) in [6.07, 6.45) is 0.927. The molecule has 1 aliphatic rings. The van der Waals surface area contributed by atoms with E-state index in [2.05, 4.69) is 16.5 Å². The van der Waals surface area contributed by atoms with E-state index >= 15 is 0 Å². The fourth-order valence-electron chi connectivity index (χ4n) is 3.04. The molecule has 0 aliphatic carbocycles. The molecule has 0 saturated heterocycles. The lowest BCUT2D eigenvalue weighted by atomic mass is 10.1. The third kappa shape index (κ3) is 2.27. The van der Waals surface area contributed by atoms with Crippen LogP contribution in [0, 0.1) is 0 Å². The van der Waals surface area contributed by atoms with Crippen molar-refractivity contribution >= 4 is 28.4 Å². The Morgan fingerprint density at radius 2 is 2.21 bits per heavy atom. The Labute approximate surface area is 139 Å². The van der Waals surface area contributed by atoms with E-state index in [1.165, 1.54) is 12.7 Å². The number of nitrogens with one attached hydrogen (secondary N) is 1. The van der Waals surface area contributed by atoms with Gasteiger partial charge < -0.3 is 14.8 Å². The third-order valence-corrected chi connectivity index (χ3v) is 4.24. The Morgan fingerprint density at radius 3 is 3.04 bits per heavy atom. The number of rotatable bonds is 3. The molecule has 2 heterocycles. The van der Waals surface area contributed by atoms with Gasteiger partial charge in [-0.25, -0.2) is 4.79 Å². The van der Waals surface area contributed by atoms with Crippen molar-refractivity contribution in [3.05, 3.63) is 47.5 Å². The Kier molecular flexibility index (Phi) is 3.37. The molecule has 2 aromatic carbocycles. The molecule has 6 nitrogen and oxygen atoms in total. The van der Waals surface area contributed by atoms with Crippen molar-refractivity contribution in [1.82, 2.24) is 9.78 Å². The van der Waals surface area contributed by atoms with E-state index in [4.69, 9.17) is 9.47 Å². The largest absolute Gasteiger partial charge is 0.491 e. The normalized spacial score (nSPS) is 12.8. The zero-order valence-corrected chi connectivity index (χ0v) is 13.5. The summed E-state index contributed by atoms with van der Waals surface area (Å²) in [6.45, 7) is 0.708. The zero-order valence-electron chi connectivity index (χ0n) is 13.5. The molecule has 24 heavy (non-hydrogen) atoms. The number of para-hydroxylation sites is 1. The van der Waals surface area contributed by atoms with E-state index in [1.807, 2.05) is 25.2 Å². The minimum Gasteiger partial charge on any atom is -0.491 e. The van der Waals surface area contributed by atoms with Crippen molar-refractivity contribution in [1.29, 1.82) is 0 Å². The summed E-state index contributed by atoms with van der Waals surface area (Å²) in [5.74, 6) is 1.26. The number of fused-ring (bicyclic) bond motifs is 2. The van der Waals surface area contributed by atoms with Gasteiger partial charge in [0.1, 0.15) is 5.75 Å². The molecular weight excluding hydrogens is 306 g/mol. The van der Waals surface area contributed by atoms with Crippen molar-refractivity contribution in [2.75, 3.05) is 19.0 Å². The van der Waals surface area contributed by atoms with Crippen LogP contribution in [0.4, 0.5) is 11.5 Å². The van der Waals surface area contributed by atoms with Gasteiger partial charge in [-0.3, -0.25) is 4.68 Å². The van der Waals surface area contributed by atoms with Crippen molar-refractivity contribution in [2.24, 2.45) is 7.05 Å². The predicted octanol–water partition coefficient (Wildman–Crippen LogP) is 3.04. The van der Waals surface area contributed by atoms with E-state index in [9.17, 15) is 4.79 Å². The first kappa shape index (κ1) is 14.6. The first-order valence-electron chi connectivity index (χ1n) is 7.74. The van der Waals surface area contributed by atoms with Gasteiger partial charge in [-0.15, -0.1) is 0 Å². The molecule has 0 amide bonds. The van der Waals surface area contributed by atoms with Gasteiger partial charge in [0.15, 0.2) is 5.82 Å². The molecule has 0 saturated carbocycles. The number of aryl methyl sites for hydroxylation is 1. The molecular formula is C18H17N3O3. The monoisotopic (exact) mass is 323 g/mol. The van der Waals surface area contributed by atoms with Crippen LogP contribution in [-0.2, 0) is 18.2 Å². The molecule has 0 unspecified atom stereocenters. The van der Waals surface area contributed by atoms with Crippen LogP contribution in [0.3, 0.4) is 0 Å². The van der Waals surface area contributed by atoms with Crippen LogP contribution in [0.5, 0.6) is 5.75 Å². The maximum Gasteiger partial charge on any atom is 0.337 e. The number of ether oxygens (including phenoxy) is 2. The second-order valence-electron chi connectivity index (χ2n) is 5.71. The molecule has 6 heteroatoms. The standard InChI is InChI=1S/C18H17N3O3/c1-21-15-10-12(18(22)23-2)6-7-13(15)17(20-21)19-14-5-3-4-11-8-9-24-16(11)14/h3-7,10H,8-9H2,1-2H3,(H,19,20). The molecule has 1 aromatic heterocycles. The molecule has 4 rings (SSSR count). The van der Waals surface area contributed by atoms with E-state index in [1.54, 1.807) is 16.8 Å². The maximum atomic E-state index is 11.7. The number of hydrogen-bond acceptors (Lipinski definition) is 5. The molecule has 0 bridgehead atoms. The first-order valence-corrected chi connectivity index (χ1v) is 7.74. The van der Waals surface area contributed by atoms with Gasteiger partial charge in [-0.1, -0.05) is 12.1 Å². The highest BCUT2D eigenvalue weighted by Crippen LogP contribution is 2.36. The second-order valence-corrected chi connectivity index (χ2v) is 5.71. The highest BCUT2D eigenvalue weighted by Gasteiger charge is 2.18. The Hall–Kier alpha value is -3.02. The van der Waals surface area contributed by atoms with E-state index in [0.29, 0.717) is 12.2 Å². The third-order valence-electron chi connectivity index (χ3n) is 4.24. The van der Waals surface area contributed by atoms with Crippen LogP contribution in [0.2, 0.25) is 0 Å². The van der Waals surface area contributed by atoms with Crippen molar-refractivity contribution in [3.8, 4) is 5.75 Å². The average Bonchev–Trinajstić information content (AvgIpc) is 3.20. The number of benzene rings is 2. The number of hydrogen-bond donors (Lipinski definition) is 1. The van der Waals surface area contributed by atoms with Gasteiger partial charge >= 0.3 is 5.97 Å². The lowest BCUT2D eigenvalue weighted by molar-refractivity contribution is 0.0601. The summed E-state index contributed by atoms with van der Waals surface area (Å²) in [7, 11) is 3.22. The number of esters is 1. The van der Waals surface area contributed by atoms with Gasteiger partial charge in [-0.2, -0.15) is 5.10 Å². The average molecular weight is 323 g/mol. The van der Waals surface area contributed by atoms with Gasteiger partial charge in [0, 0.05) is 18.9 Å². The lowest BCUT2D eigenvalue weighted by Crippen LogP contribution is -2.01. The molecule has 122 valence electrons. The fraction of sp³-hybridized carbons (Fsp3) is 0.222. The highest BCUT2D eigenvalue weighted by atomic mass is 16.5. The summed E-state index contributed by atoms with van der Waals surface area (Å²) >= 11 is 0. The maximum absolute atomic E-state index is 11.7. The number of methoxy groups -OCH3 is 1. The topological polar surface area (TPSA) is 65.4 Å². The predicted molar refractivity (Wildman–Crippen MR) is 91.0 cm³/mol. The van der Waals surface area contributed by atoms with Gasteiger partial charge in [0.25, 0.3) is 0 Å². The first-order chi connectivity index (χ1) is 11.7. The van der Waals surface area contributed by atoms with E-state index in [-0.39, 0.29) is 5.97 Å². The number of aromatic nitrogens is 2. The fourth-order valence-corrected chi connectivity index (χ4v) is 3.04. The highest BCUT2D eigenvalue weighted by molar-refractivity contribution is 5.98. The number of carbonyl (C=O) groups excluding carboxylic acids is 1. The van der Waals surface area contributed by atoms with Gasteiger partial charge in [-0.05, 0) is 29.8 Å². The van der Waals surface area contributed by atoms with Gasteiger partial charge in [0.2, 0.25) is 0 Å². The van der Waals surface area contributed by atoms with Gasteiger partial charge in [0.05, 0.1) is 30.5 Å². The smallest absolute Gasteiger partial charge is 0.337 e. The molecule has 1 N–H and O–H groups in total. The quantitative estimate of drug-likeness (QED) is 0.751. The van der Waals surface area contributed by atoms with Crippen LogP contribution in [0.15, 0.2) is 36.4 Å². The number of carbonyl (C=O) groups is 1. The molecule has 0 atom stereocenters. The Bertz CT molecular complexity index is 946. The summed E-state index contributed by atoms with van der Waals surface area (Å²) < 4.78 is 12.2. The summed E-state index contributed by atoms with van der Waals surface area (Å²) in [4.78, 5) is 11.7. The van der Waals surface area contributed by atoms with Crippen molar-refractivity contribution in [3.63, 3.8) is 0 Å². The molecule has 0 fully saturated rings.